The van der Waals surface area contributed by atoms with E-state index in [1.54, 1.807) is 24.5 Å². The van der Waals surface area contributed by atoms with Gasteiger partial charge in [-0.25, -0.2) is 22.0 Å². The van der Waals surface area contributed by atoms with Gasteiger partial charge < -0.3 is 24.5 Å². The van der Waals surface area contributed by atoms with Gasteiger partial charge >= 0.3 is 0 Å². The Balaban J connectivity index is 1.20. The Morgan fingerprint density at radius 3 is 2.22 bits per heavy atom. The number of aromatic nitrogens is 3. The van der Waals surface area contributed by atoms with Crippen LogP contribution in [-0.4, -0.2) is 37.6 Å². The van der Waals surface area contributed by atoms with Crippen LogP contribution < -0.4 is 5.32 Å². The molecule has 2 N–H and O–H groups in total. The van der Waals surface area contributed by atoms with Crippen LogP contribution in [0.4, 0.5) is 22.0 Å². The average Bonchev–Trinajstić information content (AvgIpc) is 3.55. The summed E-state index contributed by atoms with van der Waals surface area (Å²) in [7, 11) is 1.86. The Morgan fingerprint density at radius 2 is 1.55 bits per heavy atom. The summed E-state index contributed by atoms with van der Waals surface area (Å²) in [4.78, 5) is 12.5. The minimum atomic E-state index is -2.34. The molecule has 49 heavy (non-hydrogen) atoms. The molecule has 1 saturated heterocycles. The summed E-state index contributed by atoms with van der Waals surface area (Å²) in [6.07, 6.45) is 0.966. The van der Waals surface area contributed by atoms with Crippen LogP contribution in [-0.2, 0) is 29.7 Å². The van der Waals surface area contributed by atoms with Crippen LogP contribution in [0, 0.1) is 29.1 Å². The number of aryl methyl sites for hydroxylation is 1. The predicted octanol–water partition coefficient (Wildman–Crippen LogP) is 6.94. The summed E-state index contributed by atoms with van der Waals surface area (Å²) >= 11 is 1.52. The van der Waals surface area contributed by atoms with Crippen LogP contribution in [0.15, 0.2) is 84.3 Å². The van der Waals surface area contributed by atoms with Crippen molar-refractivity contribution in [1.82, 2.24) is 20.1 Å². The Morgan fingerprint density at radius 1 is 0.878 bits per heavy atom. The molecule has 0 radical (unpaired) electrons. The number of carbonyl (C=O) groups is 1. The Labute approximate surface area is 281 Å². The molecule has 14 heteroatoms. The van der Waals surface area contributed by atoms with E-state index < -0.39 is 46.8 Å². The predicted molar refractivity (Wildman–Crippen MR) is 169 cm³/mol. The fourth-order valence-corrected chi connectivity index (χ4v) is 6.30. The number of carbonyl (C=O) groups excluding carboxylic acids is 1. The first kappa shape index (κ1) is 34.2. The van der Waals surface area contributed by atoms with Crippen LogP contribution in [0.1, 0.15) is 51.4 Å². The second-order valence-corrected chi connectivity index (χ2v) is 12.3. The molecule has 1 fully saturated rings. The van der Waals surface area contributed by atoms with E-state index in [0.717, 1.165) is 33.0 Å². The molecule has 5 aromatic rings. The number of nitrogens with one attached hydrogen (secondary N) is 1. The van der Waals surface area contributed by atoms with Crippen molar-refractivity contribution in [2.24, 2.45) is 7.05 Å². The second kappa shape index (κ2) is 14.9. The Hall–Kier alpha value is -4.63. The zero-order valence-corrected chi connectivity index (χ0v) is 26.7. The lowest BCUT2D eigenvalue weighted by Gasteiger charge is -2.36. The van der Waals surface area contributed by atoms with Gasteiger partial charge in [0.15, 0.2) is 34.7 Å². The molecule has 6 rings (SSSR count). The molecule has 0 bridgehead atoms. The van der Waals surface area contributed by atoms with Crippen LogP contribution in [0.5, 0.6) is 0 Å². The van der Waals surface area contributed by atoms with Gasteiger partial charge in [-0.3, -0.25) is 4.79 Å². The van der Waals surface area contributed by atoms with Gasteiger partial charge in [-0.2, -0.15) is 0 Å². The van der Waals surface area contributed by atoms with Crippen molar-refractivity contribution in [2.45, 2.75) is 43.2 Å². The lowest BCUT2D eigenvalue weighted by molar-refractivity contribution is -0.245. The number of thioether (sulfide) groups is 1. The van der Waals surface area contributed by atoms with Gasteiger partial charge in [0.1, 0.15) is 11.9 Å². The first-order valence-electron chi connectivity index (χ1n) is 15.1. The number of rotatable bonds is 10. The Kier molecular flexibility index (Phi) is 10.4. The summed E-state index contributed by atoms with van der Waals surface area (Å²) in [5, 5.41) is 20.6. The molecule has 1 aliphatic heterocycles. The van der Waals surface area contributed by atoms with E-state index in [2.05, 4.69) is 15.5 Å². The number of benzene rings is 4. The van der Waals surface area contributed by atoms with E-state index in [4.69, 9.17) is 9.47 Å². The van der Waals surface area contributed by atoms with Crippen molar-refractivity contribution in [3.05, 3.63) is 136 Å². The van der Waals surface area contributed by atoms with E-state index in [1.807, 2.05) is 66.2 Å². The normalized spacial score (nSPS) is 17.7. The molecular weight excluding hydrogens is 667 g/mol. The first-order valence-corrected chi connectivity index (χ1v) is 16.1. The minimum Gasteiger partial charge on any atom is -0.392 e. The summed E-state index contributed by atoms with van der Waals surface area (Å²) < 4.78 is 83.7. The van der Waals surface area contributed by atoms with Crippen LogP contribution in [0.3, 0.4) is 0 Å². The highest BCUT2D eigenvalue weighted by atomic mass is 32.2. The van der Waals surface area contributed by atoms with Crippen LogP contribution in [0.25, 0.3) is 11.1 Å². The second-order valence-electron chi connectivity index (χ2n) is 11.3. The number of nitrogens with zero attached hydrogens (tertiary/aromatic N) is 3. The average molecular weight is 697 g/mol. The van der Waals surface area contributed by atoms with Gasteiger partial charge in [-0.1, -0.05) is 72.4 Å². The number of hydrogen-bond acceptors (Lipinski definition) is 7. The highest BCUT2D eigenvalue weighted by Crippen LogP contribution is 2.40. The largest absolute Gasteiger partial charge is 0.392 e. The molecular formula is C35H29F5N4O4S. The molecule has 0 aliphatic carbocycles. The smallest absolute Gasteiger partial charge is 0.257 e. The first-order chi connectivity index (χ1) is 23.6. The molecule has 1 amide bonds. The van der Waals surface area contributed by atoms with Gasteiger partial charge in [-0.05, 0) is 39.9 Å². The van der Waals surface area contributed by atoms with E-state index in [1.165, 1.54) is 11.8 Å². The molecule has 254 valence electrons. The number of aliphatic hydroxyl groups excluding tert-OH is 1. The van der Waals surface area contributed by atoms with Gasteiger partial charge in [0, 0.05) is 31.3 Å². The van der Waals surface area contributed by atoms with Gasteiger partial charge in [-0.15, -0.1) is 10.2 Å². The summed E-state index contributed by atoms with van der Waals surface area (Å²) in [5.74, 6) is -12.0. The quantitative estimate of drug-likeness (QED) is 0.0707. The van der Waals surface area contributed by atoms with Crippen molar-refractivity contribution in [3.8, 4) is 11.1 Å². The summed E-state index contributed by atoms with van der Waals surface area (Å²) in [6, 6.07) is 22.0. The molecule has 4 aromatic carbocycles. The third kappa shape index (κ3) is 7.52. The van der Waals surface area contributed by atoms with Gasteiger partial charge in [0.2, 0.25) is 5.82 Å². The fourth-order valence-electron chi connectivity index (χ4n) is 5.39. The molecule has 1 aliphatic rings. The molecule has 0 spiro atoms. The molecule has 0 saturated carbocycles. The summed E-state index contributed by atoms with van der Waals surface area (Å²) in [6.45, 7) is -0.317. The SMILES string of the molecule is Cn1cnnc1SC[C@H]1C[C@@H](c2ccc(CO)cc2)O[C@@H](c2cccc(-c3cccc(CNC(=O)c4c(F)c(F)c(F)c(F)c4F)c3)c2)O1. The minimum absolute atomic E-state index is 0.0693. The highest BCUT2D eigenvalue weighted by Gasteiger charge is 2.33. The third-order valence-electron chi connectivity index (χ3n) is 7.99. The number of amides is 1. The lowest BCUT2D eigenvalue weighted by atomic mass is 9.99. The Bertz CT molecular complexity index is 1950. The monoisotopic (exact) mass is 696 g/mol. The third-order valence-corrected chi connectivity index (χ3v) is 9.16. The van der Waals surface area contributed by atoms with E-state index in [9.17, 15) is 31.9 Å². The van der Waals surface area contributed by atoms with E-state index in [-0.39, 0.29) is 25.4 Å². The van der Waals surface area contributed by atoms with E-state index >= 15 is 0 Å². The van der Waals surface area contributed by atoms with Crippen molar-refractivity contribution >= 4 is 17.7 Å². The highest BCUT2D eigenvalue weighted by molar-refractivity contribution is 7.99. The van der Waals surface area contributed by atoms with Crippen LogP contribution in [0.2, 0.25) is 0 Å². The van der Waals surface area contributed by atoms with Crippen molar-refractivity contribution < 1.29 is 41.3 Å². The standard InChI is InChI=1S/C35H29F5N4O4S/c1-44-18-42-43-35(44)49-17-25-14-26(21-10-8-19(16-45)9-11-21)48-34(47-25)24-7-3-6-23(13-24)22-5-2-4-20(12-22)15-41-33(46)27-28(36)30(38)32(40)31(39)29(27)37/h2-13,18,25-26,34,45H,14-17H2,1H3,(H,41,46)/t25-,26+,34+/m1/s1. The topological polar surface area (TPSA) is 98.5 Å². The van der Waals surface area contributed by atoms with Crippen LogP contribution >= 0.6 is 11.8 Å². The number of ether oxygens (including phenoxy) is 2. The fraction of sp³-hybridized carbons (Fsp3) is 0.229. The van der Waals surface area contributed by atoms with Gasteiger partial charge in [0.05, 0.1) is 18.8 Å². The zero-order chi connectivity index (χ0) is 34.7. The molecule has 0 unspecified atom stereocenters. The summed E-state index contributed by atoms with van der Waals surface area (Å²) in [5.41, 5.74) is 2.93. The van der Waals surface area contributed by atoms with E-state index in [0.29, 0.717) is 17.7 Å². The molecule has 3 atom stereocenters. The molecule has 1 aromatic heterocycles. The van der Waals surface area contributed by atoms with Crippen molar-refractivity contribution in [3.63, 3.8) is 0 Å². The maximum Gasteiger partial charge on any atom is 0.257 e. The van der Waals surface area contributed by atoms with Gasteiger partial charge in [0.25, 0.3) is 5.91 Å². The maximum atomic E-state index is 14.1. The zero-order valence-electron chi connectivity index (χ0n) is 25.9. The molecule has 8 nitrogen and oxygen atoms in total. The number of aliphatic hydroxyl groups is 1. The number of halogens is 5. The lowest BCUT2D eigenvalue weighted by Crippen LogP contribution is -2.31. The maximum absolute atomic E-state index is 14.1. The van der Waals surface area contributed by atoms with Crippen molar-refractivity contribution in [1.29, 1.82) is 0 Å². The van der Waals surface area contributed by atoms with Crippen molar-refractivity contribution in [2.75, 3.05) is 5.75 Å². The number of hydrogen-bond donors (Lipinski definition) is 2. The molecule has 2 heterocycles.